The Hall–Kier alpha value is -4.08. The van der Waals surface area contributed by atoms with E-state index >= 15 is 0 Å². The molecule has 0 bridgehead atoms. The van der Waals surface area contributed by atoms with Gasteiger partial charge in [0.25, 0.3) is 0 Å². The molecule has 10 nitrogen and oxygen atoms in total. The first kappa shape index (κ1) is 26.2. The smallest absolute Gasteiger partial charge is 0.412 e. The fourth-order valence-corrected chi connectivity index (χ4v) is 2.93. The molecule has 182 valence electrons. The average Bonchev–Trinajstić information content (AvgIpc) is 2.77. The van der Waals surface area contributed by atoms with Crippen molar-refractivity contribution in [1.29, 1.82) is 0 Å². The molecule has 0 heterocycles. The van der Waals surface area contributed by atoms with E-state index in [4.69, 9.17) is 9.47 Å². The second kappa shape index (κ2) is 14.1. The minimum Gasteiger partial charge on any atom is -0.624 e. The first-order valence-corrected chi connectivity index (χ1v) is 10.9. The van der Waals surface area contributed by atoms with Crippen LogP contribution in [-0.2, 0) is 0 Å². The highest BCUT2D eigenvalue weighted by Gasteiger charge is 2.05. The molecule has 2 aromatic carbocycles. The number of hydrogen-bond donors (Lipinski definition) is 2. The van der Waals surface area contributed by atoms with E-state index < -0.39 is 12.2 Å². The Bertz CT molecular complexity index is 898. The van der Waals surface area contributed by atoms with Gasteiger partial charge in [-0.3, -0.25) is 0 Å². The van der Waals surface area contributed by atoms with Crippen LogP contribution < -0.4 is 20.1 Å². The number of carbonyl (C=O) groups is 2. The molecule has 0 aliphatic rings. The molecule has 0 radical (unpaired) electrons. The number of unbranched alkanes of at least 4 members (excludes halogenated alkanes) is 3. The van der Waals surface area contributed by atoms with E-state index in [1.807, 2.05) is 0 Å². The Morgan fingerprint density at radius 1 is 0.706 bits per heavy atom. The van der Waals surface area contributed by atoms with Gasteiger partial charge in [0, 0.05) is 24.2 Å². The Labute approximate surface area is 198 Å². The van der Waals surface area contributed by atoms with Crippen molar-refractivity contribution in [3.8, 4) is 11.5 Å². The van der Waals surface area contributed by atoms with Crippen LogP contribution in [0, 0.1) is 10.4 Å². The molecule has 0 spiro atoms. The number of rotatable bonds is 11. The standard InChI is InChI=1S/C24H30N4O6/c1-27(31)17-19-7-11-21(12-8-19)33-23(29)25-15-5-3-4-6-16-26-24(30)34-22-13-9-20(10-14-22)18-28(2)32/h7-14,17-18H,3-6,15-16H2,1-2H3,(H,25,29)(H,26,30)/b27-17-,28-18-. The lowest BCUT2D eigenvalue weighted by Crippen LogP contribution is -2.28. The number of amides is 2. The predicted molar refractivity (Wildman–Crippen MR) is 129 cm³/mol. The average molecular weight is 471 g/mol. The molecule has 0 saturated heterocycles. The normalized spacial score (nSPS) is 11.6. The highest BCUT2D eigenvalue weighted by molar-refractivity contribution is 5.77. The zero-order chi connectivity index (χ0) is 24.8. The van der Waals surface area contributed by atoms with Gasteiger partial charge in [0.15, 0.2) is 12.4 Å². The van der Waals surface area contributed by atoms with Crippen LogP contribution in [0.3, 0.4) is 0 Å². The maximum atomic E-state index is 11.8. The summed E-state index contributed by atoms with van der Waals surface area (Å²) in [5.74, 6) is 0.788. The first-order chi connectivity index (χ1) is 16.3. The molecule has 0 aliphatic carbocycles. The number of nitrogens with zero attached hydrogens (tertiary/aromatic N) is 2. The summed E-state index contributed by atoms with van der Waals surface area (Å²) in [6, 6.07) is 13.2. The van der Waals surface area contributed by atoms with Gasteiger partial charge in [-0.15, -0.1) is 0 Å². The molecule has 2 N–H and O–H groups in total. The van der Waals surface area contributed by atoms with Crippen LogP contribution in [0.2, 0.25) is 0 Å². The predicted octanol–water partition coefficient (Wildman–Crippen LogP) is 3.24. The van der Waals surface area contributed by atoms with Crippen LogP contribution in [-0.4, -0.2) is 61.3 Å². The summed E-state index contributed by atoms with van der Waals surface area (Å²) in [5.41, 5.74) is 1.43. The van der Waals surface area contributed by atoms with Crippen LogP contribution in [0.25, 0.3) is 0 Å². The van der Waals surface area contributed by atoms with E-state index in [1.54, 1.807) is 48.5 Å². The monoisotopic (exact) mass is 470 g/mol. The molecule has 0 atom stereocenters. The van der Waals surface area contributed by atoms with Gasteiger partial charge in [0.05, 0.1) is 0 Å². The minimum absolute atomic E-state index is 0.394. The van der Waals surface area contributed by atoms with Gasteiger partial charge in [0.1, 0.15) is 25.6 Å². The number of ether oxygens (including phenoxy) is 2. The molecule has 2 aromatic rings. The van der Waals surface area contributed by atoms with Gasteiger partial charge in [-0.2, -0.15) is 0 Å². The third-order valence-corrected chi connectivity index (χ3v) is 4.49. The summed E-state index contributed by atoms with van der Waals surface area (Å²) in [7, 11) is 2.78. The summed E-state index contributed by atoms with van der Waals surface area (Å²) in [4.78, 5) is 23.6. The zero-order valence-corrected chi connectivity index (χ0v) is 19.4. The van der Waals surface area contributed by atoms with E-state index in [-0.39, 0.29) is 0 Å². The third kappa shape index (κ3) is 11.0. The number of benzene rings is 2. The van der Waals surface area contributed by atoms with E-state index in [9.17, 15) is 20.0 Å². The van der Waals surface area contributed by atoms with Gasteiger partial charge in [0.2, 0.25) is 0 Å². The number of carbonyl (C=O) groups excluding carboxylic acids is 2. The molecule has 0 aromatic heterocycles. The molecule has 34 heavy (non-hydrogen) atoms. The van der Waals surface area contributed by atoms with Crippen LogP contribution in [0.4, 0.5) is 9.59 Å². The van der Waals surface area contributed by atoms with Crippen LogP contribution in [0.5, 0.6) is 11.5 Å². The van der Waals surface area contributed by atoms with Gasteiger partial charge in [-0.1, -0.05) is 12.8 Å². The largest absolute Gasteiger partial charge is 0.624 e. The molecule has 0 unspecified atom stereocenters. The quantitative estimate of drug-likeness (QED) is 0.171. The second-order valence-electron chi connectivity index (χ2n) is 7.54. The van der Waals surface area contributed by atoms with Gasteiger partial charge >= 0.3 is 12.2 Å². The number of hydroxylamine groups is 2. The summed E-state index contributed by atoms with van der Waals surface area (Å²) < 4.78 is 11.8. The molecule has 0 saturated carbocycles. The van der Waals surface area contributed by atoms with Gasteiger partial charge < -0.3 is 30.5 Å². The molecular weight excluding hydrogens is 440 g/mol. The highest BCUT2D eigenvalue weighted by Crippen LogP contribution is 2.12. The van der Waals surface area contributed by atoms with E-state index in [0.717, 1.165) is 25.7 Å². The minimum atomic E-state index is -0.534. The fraction of sp³-hybridized carbons (Fsp3) is 0.333. The van der Waals surface area contributed by atoms with Crippen molar-refractivity contribution in [3.05, 3.63) is 70.1 Å². The molecule has 0 aliphatic heterocycles. The molecular formula is C24H30N4O6. The van der Waals surface area contributed by atoms with Crippen molar-refractivity contribution in [3.63, 3.8) is 0 Å². The SMILES string of the molecule is C/[N+]([O-])=C/c1ccc(OC(=O)NCCCCCCNC(=O)Oc2ccc(/C=[N+](/C)[O-])cc2)cc1. The van der Waals surface area contributed by atoms with Crippen molar-refractivity contribution >= 4 is 24.6 Å². The summed E-state index contributed by atoms with van der Waals surface area (Å²) >= 11 is 0. The summed E-state index contributed by atoms with van der Waals surface area (Å²) in [5, 5.41) is 27.3. The topological polar surface area (TPSA) is 129 Å². The summed E-state index contributed by atoms with van der Waals surface area (Å²) in [6.07, 6.45) is 5.10. The highest BCUT2D eigenvalue weighted by atomic mass is 16.6. The van der Waals surface area contributed by atoms with E-state index in [1.165, 1.54) is 26.5 Å². The van der Waals surface area contributed by atoms with Crippen molar-refractivity contribution in [2.24, 2.45) is 0 Å². The Morgan fingerprint density at radius 3 is 1.38 bits per heavy atom. The molecule has 2 rings (SSSR count). The molecule has 0 fully saturated rings. The van der Waals surface area contributed by atoms with Crippen LogP contribution in [0.15, 0.2) is 48.5 Å². The Morgan fingerprint density at radius 2 is 1.06 bits per heavy atom. The lowest BCUT2D eigenvalue weighted by atomic mass is 10.2. The maximum absolute atomic E-state index is 11.8. The third-order valence-electron chi connectivity index (χ3n) is 4.49. The number of nitrogens with one attached hydrogen (secondary N) is 2. The lowest BCUT2D eigenvalue weighted by molar-refractivity contribution is -0.416. The van der Waals surface area contributed by atoms with Crippen molar-refractivity contribution in [2.75, 3.05) is 27.2 Å². The van der Waals surface area contributed by atoms with Gasteiger partial charge in [-0.05, 0) is 61.4 Å². The second-order valence-corrected chi connectivity index (χ2v) is 7.54. The number of hydrogen-bond acceptors (Lipinski definition) is 6. The lowest BCUT2D eigenvalue weighted by Gasteiger charge is -2.08. The zero-order valence-electron chi connectivity index (χ0n) is 19.4. The van der Waals surface area contributed by atoms with Crippen LogP contribution >= 0.6 is 0 Å². The fourth-order valence-electron chi connectivity index (χ4n) is 2.93. The molecule has 2 amide bonds. The van der Waals surface area contributed by atoms with Gasteiger partial charge in [-0.25, -0.2) is 19.1 Å². The Kier molecular flexibility index (Phi) is 10.9. The maximum Gasteiger partial charge on any atom is 0.412 e. The Balaban J connectivity index is 1.51. The van der Waals surface area contributed by atoms with Crippen molar-refractivity contribution in [2.45, 2.75) is 25.7 Å². The van der Waals surface area contributed by atoms with E-state index in [2.05, 4.69) is 10.6 Å². The van der Waals surface area contributed by atoms with Crippen molar-refractivity contribution in [1.82, 2.24) is 10.6 Å². The molecule has 10 heteroatoms. The van der Waals surface area contributed by atoms with Crippen LogP contribution in [0.1, 0.15) is 36.8 Å². The van der Waals surface area contributed by atoms with Crippen molar-refractivity contribution < 1.29 is 28.5 Å². The first-order valence-electron chi connectivity index (χ1n) is 10.9. The van der Waals surface area contributed by atoms with E-state index in [0.29, 0.717) is 45.2 Å². The summed E-state index contributed by atoms with van der Waals surface area (Å²) in [6.45, 7) is 0.966.